The standard InChI is InChI=1S/C33H29N3O7S/c1-40-28-10-6-9-22(31(28)41-2)17-26(36-32(38)21-7-4-3-5-8-21)33(39)35-23-11-14-25(15-12-23)44-19-30(37)34-24-13-16-27-29(18-24)43-20-42-27/h3-18H,19-20H2,1-2H3,(H,34,37)(H,35,39)(H,36,38)/b26-17-. The van der Waals surface area contributed by atoms with Gasteiger partial charge in [-0.25, -0.2) is 0 Å². The Labute approximate surface area is 258 Å². The average Bonchev–Trinajstić information content (AvgIpc) is 3.52. The summed E-state index contributed by atoms with van der Waals surface area (Å²) in [5, 5.41) is 8.39. The van der Waals surface area contributed by atoms with E-state index in [9.17, 15) is 14.4 Å². The summed E-state index contributed by atoms with van der Waals surface area (Å²) in [6, 6.07) is 26.1. The Kier molecular flexibility index (Phi) is 9.68. The van der Waals surface area contributed by atoms with Crippen molar-refractivity contribution >= 4 is 46.9 Å². The van der Waals surface area contributed by atoms with Gasteiger partial charge in [-0.1, -0.05) is 30.3 Å². The van der Waals surface area contributed by atoms with Crippen molar-refractivity contribution in [3.63, 3.8) is 0 Å². The van der Waals surface area contributed by atoms with E-state index < -0.39 is 11.8 Å². The maximum absolute atomic E-state index is 13.4. The third-order valence-corrected chi connectivity index (χ3v) is 7.41. The van der Waals surface area contributed by atoms with Crippen LogP contribution >= 0.6 is 11.8 Å². The summed E-state index contributed by atoms with van der Waals surface area (Å²) in [6.45, 7) is 0.163. The molecule has 3 N–H and O–H groups in total. The second-order valence-corrected chi connectivity index (χ2v) is 10.4. The number of methoxy groups -OCH3 is 2. The number of amides is 3. The van der Waals surface area contributed by atoms with Gasteiger partial charge in [0.2, 0.25) is 12.7 Å². The van der Waals surface area contributed by atoms with Gasteiger partial charge in [-0.3, -0.25) is 14.4 Å². The Balaban J connectivity index is 1.25. The average molecular weight is 612 g/mol. The Hall–Kier alpha value is -5.42. The molecule has 0 radical (unpaired) electrons. The summed E-state index contributed by atoms with van der Waals surface area (Å²) < 4.78 is 21.5. The predicted octanol–water partition coefficient (Wildman–Crippen LogP) is 5.57. The molecule has 0 atom stereocenters. The largest absolute Gasteiger partial charge is 0.493 e. The van der Waals surface area contributed by atoms with Crippen molar-refractivity contribution in [3.8, 4) is 23.0 Å². The normalized spacial score (nSPS) is 11.8. The van der Waals surface area contributed by atoms with Crippen molar-refractivity contribution in [1.82, 2.24) is 5.32 Å². The van der Waals surface area contributed by atoms with Crippen molar-refractivity contribution in [2.75, 3.05) is 37.4 Å². The van der Waals surface area contributed by atoms with Crippen molar-refractivity contribution in [1.29, 1.82) is 0 Å². The summed E-state index contributed by atoms with van der Waals surface area (Å²) in [7, 11) is 3.02. The van der Waals surface area contributed by atoms with Crippen LogP contribution < -0.4 is 34.9 Å². The molecule has 0 fully saturated rings. The second-order valence-electron chi connectivity index (χ2n) is 9.34. The molecular formula is C33H29N3O7S. The van der Waals surface area contributed by atoms with Crippen LogP contribution in [0.25, 0.3) is 6.08 Å². The lowest BCUT2D eigenvalue weighted by atomic mass is 10.1. The molecule has 1 heterocycles. The fourth-order valence-corrected chi connectivity index (χ4v) is 4.98. The van der Waals surface area contributed by atoms with Crippen molar-refractivity contribution in [2.45, 2.75) is 4.90 Å². The summed E-state index contributed by atoms with van der Waals surface area (Å²) >= 11 is 1.35. The van der Waals surface area contributed by atoms with E-state index in [0.29, 0.717) is 45.5 Å². The molecule has 4 aromatic carbocycles. The number of para-hydroxylation sites is 1. The molecule has 0 saturated carbocycles. The maximum atomic E-state index is 13.4. The number of thioether (sulfide) groups is 1. The fourth-order valence-electron chi connectivity index (χ4n) is 4.28. The molecule has 11 heteroatoms. The Bertz CT molecular complexity index is 1690. The highest BCUT2D eigenvalue weighted by molar-refractivity contribution is 8.00. The lowest BCUT2D eigenvalue weighted by Gasteiger charge is -2.14. The zero-order chi connectivity index (χ0) is 30.9. The Morgan fingerprint density at radius 3 is 2.32 bits per heavy atom. The van der Waals surface area contributed by atoms with Gasteiger partial charge in [-0.15, -0.1) is 11.8 Å². The maximum Gasteiger partial charge on any atom is 0.272 e. The van der Waals surface area contributed by atoms with E-state index in [-0.39, 0.29) is 24.2 Å². The van der Waals surface area contributed by atoms with E-state index >= 15 is 0 Å². The van der Waals surface area contributed by atoms with Gasteiger partial charge in [-0.2, -0.15) is 0 Å². The minimum atomic E-state index is -0.539. The molecular weight excluding hydrogens is 582 g/mol. The Morgan fingerprint density at radius 2 is 1.57 bits per heavy atom. The molecule has 0 unspecified atom stereocenters. The van der Waals surface area contributed by atoms with Crippen molar-refractivity contribution < 1.29 is 33.3 Å². The molecule has 10 nitrogen and oxygen atoms in total. The molecule has 0 bridgehead atoms. The predicted molar refractivity (Wildman–Crippen MR) is 168 cm³/mol. The first kappa shape index (κ1) is 30.1. The third kappa shape index (κ3) is 7.50. The quantitative estimate of drug-likeness (QED) is 0.149. The number of hydrogen-bond donors (Lipinski definition) is 3. The fraction of sp³-hybridized carbons (Fsp3) is 0.121. The Morgan fingerprint density at radius 1 is 0.818 bits per heavy atom. The molecule has 0 aromatic heterocycles. The molecule has 224 valence electrons. The molecule has 0 aliphatic carbocycles. The highest BCUT2D eigenvalue weighted by Gasteiger charge is 2.18. The lowest BCUT2D eigenvalue weighted by Crippen LogP contribution is -2.30. The number of benzene rings is 4. The topological polar surface area (TPSA) is 124 Å². The van der Waals surface area contributed by atoms with E-state index in [1.807, 2.05) is 0 Å². The van der Waals surface area contributed by atoms with Crippen molar-refractivity contribution in [3.05, 3.63) is 108 Å². The van der Waals surface area contributed by atoms with Crippen LogP contribution in [-0.4, -0.2) is 44.5 Å². The van der Waals surface area contributed by atoms with E-state index in [4.69, 9.17) is 18.9 Å². The van der Waals surface area contributed by atoms with Crippen LogP contribution in [0, 0.1) is 0 Å². The molecule has 1 aliphatic heterocycles. The van der Waals surface area contributed by atoms with Gasteiger partial charge < -0.3 is 34.9 Å². The van der Waals surface area contributed by atoms with Crippen LogP contribution in [0.5, 0.6) is 23.0 Å². The lowest BCUT2D eigenvalue weighted by molar-refractivity contribution is -0.114. The molecule has 5 rings (SSSR count). The molecule has 1 aliphatic rings. The summed E-state index contributed by atoms with van der Waals surface area (Å²) in [6.07, 6.45) is 1.53. The van der Waals surface area contributed by atoms with Crippen LogP contribution in [0.3, 0.4) is 0 Å². The van der Waals surface area contributed by atoms with E-state index in [2.05, 4.69) is 16.0 Å². The number of fused-ring (bicyclic) bond motifs is 1. The number of hydrogen-bond acceptors (Lipinski definition) is 8. The van der Waals surface area contributed by atoms with E-state index in [0.717, 1.165) is 4.90 Å². The van der Waals surface area contributed by atoms with Gasteiger partial charge in [0, 0.05) is 33.5 Å². The first-order chi connectivity index (χ1) is 21.4. The van der Waals surface area contributed by atoms with E-state index in [1.54, 1.807) is 91.0 Å². The molecule has 0 saturated heterocycles. The molecule has 3 amide bonds. The number of anilines is 2. The number of rotatable bonds is 11. The third-order valence-electron chi connectivity index (χ3n) is 6.40. The van der Waals surface area contributed by atoms with Gasteiger partial charge in [0.05, 0.1) is 20.0 Å². The van der Waals surface area contributed by atoms with Crippen molar-refractivity contribution in [2.24, 2.45) is 0 Å². The smallest absolute Gasteiger partial charge is 0.272 e. The summed E-state index contributed by atoms with van der Waals surface area (Å²) in [4.78, 5) is 39.7. The van der Waals surface area contributed by atoms with Crippen LogP contribution in [-0.2, 0) is 9.59 Å². The zero-order valence-electron chi connectivity index (χ0n) is 23.9. The SMILES string of the molecule is COc1cccc(/C=C(\NC(=O)c2ccccc2)C(=O)Nc2ccc(SCC(=O)Nc3ccc4c(c3)OCO4)cc2)c1OC. The van der Waals surface area contributed by atoms with Crippen LogP contribution in [0.4, 0.5) is 11.4 Å². The van der Waals surface area contributed by atoms with Gasteiger partial charge in [-0.05, 0) is 60.7 Å². The summed E-state index contributed by atoms with van der Waals surface area (Å²) in [5.41, 5.74) is 2.06. The van der Waals surface area contributed by atoms with Crippen LogP contribution in [0.2, 0.25) is 0 Å². The van der Waals surface area contributed by atoms with Crippen LogP contribution in [0.15, 0.2) is 102 Å². The molecule has 0 spiro atoms. The molecule has 44 heavy (non-hydrogen) atoms. The van der Waals surface area contributed by atoms with Gasteiger partial charge in [0.1, 0.15) is 5.70 Å². The number of nitrogens with one attached hydrogen (secondary N) is 3. The minimum Gasteiger partial charge on any atom is -0.493 e. The number of carbonyl (C=O) groups is 3. The monoisotopic (exact) mass is 611 g/mol. The first-order valence-electron chi connectivity index (χ1n) is 13.5. The zero-order valence-corrected chi connectivity index (χ0v) is 24.7. The van der Waals surface area contributed by atoms with Crippen LogP contribution in [0.1, 0.15) is 15.9 Å². The number of ether oxygens (including phenoxy) is 4. The van der Waals surface area contributed by atoms with E-state index in [1.165, 1.54) is 32.1 Å². The minimum absolute atomic E-state index is 0.00375. The second kappa shape index (κ2) is 14.2. The number of carbonyl (C=O) groups excluding carboxylic acids is 3. The van der Waals surface area contributed by atoms with Gasteiger partial charge >= 0.3 is 0 Å². The summed E-state index contributed by atoms with van der Waals surface area (Å²) in [5.74, 6) is 1.15. The highest BCUT2D eigenvalue weighted by atomic mass is 32.2. The highest BCUT2D eigenvalue weighted by Crippen LogP contribution is 2.34. The first-order valence-corrected chi connectivity index (χ1v) is 14.4. The van der Waals surface area contributed by atoms with Gasteiger partial charge in [0.15, 0.2) is 23.0 Å². The van der Waals surface area contributed by atoms with Gasteiger partial charge in [0.25, 0.3) is 11.8 Å². The molecule has 4 aromatic rings.